The van der Waals surface area contributed by atoms with Gasteiger partial charge in [-0.15, -0.1) is 0 Å². The average molecular weight is 1920 g/mol. The number of carboxylic acid groups (broad SMARTS) is 1. The molecule has 6 aromatic carbocycles. The molecule has 4 aliphatic carbocycles. The molecule has 8 heterocycles. The van der Waals surface area contributed by atoms with E-state index in [0.717, 1.165) is 44.9 Å². The second kappa shape index (κ2) is 39.5. The molecule has 8 aliphatic heterocycles. The van der Waals surface area contributed by atoms with Crippen molar-refractivity contribution in [3.8, 4) is 57.4 Å². The number of carboxylic acids is 1. The summed E-state index contributed by atoms with van der Waals surface area (Å²) < 4.78 is 77.8. The molecular weight excluding hydrogens is 1790 g/mol. The minimum atomic E-state index is -2.54. The molecule has 724 valence electrons. The van der Waals surface area contributed by atoms with Crippen molar-refractivity contribution in [1.29, 1.82) is 10.5 Å². The average Bonchev–Trinajstić information content (AvgIpc) is 1.59. The molecule has 0 aromatic heterocycles. The topological polar surface area (TPSA) is 330 Å². The number of thioether (sulfide) groups is 2. The number of carbonyl (C=O) groups is 4. The first-order valence-electron chi connectivity index (χ1n) is 45.6. The van der Waals surface area contributed by atoms with Crippen molar-refractivity contribution < 1.29 is 101 Å². The molecular formula is C104H132N6O21S2Si2. The van der Waals surface area contributed by atoms with Crippen LogP contribution in [0.1, 0.15) is 163 Å². The number of nitrogens with zero attached hydrogens (tertiary/aromatic N) is 6. The van der Waals surface area contributed by atoms with Gasteiger partial charge < -0.3 is 81.4 Å². The fourth-order valence-electron chi connectivity index (χ4n) is 22.2. The number of hydrogen-bond acceptors (Lipinski definition) is 28. The molecule has 14 atom stereocenters. The number of aliphatic carboxylic acids is 1. The number of likely N-dealkylation sites (N-methyl/N-ethyl adjacent to an activating group) is 2. The highest BCUT2D eigenvalue weighted by atomic mass is 32.2. The van der Waals surface area contributed by atoms with Gasteiger partial charge in [0.15, 0.2) is 111 Å². The number of benzene rings is 6. The van der Waals surface area contributed by atoms with Gasteiger partial charge in [0.25, 0.3) is 0 Å². The minimum absolute atomic E-state index is 0. The second-order valence-corrected chi connectivity index (χ2v) is 51.4. The highest BCUT2D eigenvalue weighted by Crippen LogP contribution is 2.61. The number of fused-ring (bicyclic) bond motifs is 22. The van der Waals surface area contributed by atoms with Crippen molar-refractivity contribution >= 4 is 63.7 Å². The molecule has 0 amide bonds. The Hall–Kier alpha value is -9.37. The number of carbonyl (C=O) groups excluding carboxylic acids is 3. The van der Waals surface area contributed by atoms with Crippen LogP contribution in [0.15, 0.2) is 155 Å². The van der Waals surface area contributed by atoms with E-state index >= 15 is 0 Å². The van der Waals surface area contributed by atoms with E-state index in [1.54, 1.807) is 65.8 Å². The van der Waals surface area contributed by atoms with Gasteiger partial charge in [-0.25, -0.2) is 9.59 Å². The number of aryl methyl sites for hydroxylation is 2. The SMILES string of the molecule is C.C.CC(C)(C)[Si](C)(C)OC(CSCC1c2ccccc2-c2ccccc21)C(=O)O.COCOc1c(OC)c(C)cc2c1[C@@H]1C3C[C@]4(O)C(=O)C(C)=C5OCOC5=C4[C@H](CO)N3[C@@H](C#N)[C@H](C2)N1C.COCOc1c(OC)c(C)cc2c1[C@@H]1C3C[C@]4(O)C(=O)C(C)=C5OCOC5=C4[C@H](COC(=O)C(CSCC4c5ccccc5-c5ccccc54)O[Si](C)(C)C(C)(C)C)N3[C@@H](C#N)[C@H](C2)N1C. The summed E-state index contributed by atoms with van der Waals surface area (Å²) in [6.45, 7) is 27.5. The van der Waals surface area contributed by atoms with Gasteiger partial charge in [0, 0.05) is 119 Å². The third kappa shape index (κ3) is 17.5. The van der Waals surface area contributed by atoms with Gasteiger partial charge in [-0.2, -0.15) is 34.0 Å². The number of Topliss-reactive ketones (excluding diaryl/α,β-unsaturated/α-hetero) is 2. The molecule has 4 N–H and O–H groups in total. The summed E-state index contributed by atoms with van der Waals surface area (Å²) >= 11 is 3.35. The van der Waals surface area contributed by atoms with E-state index in [-0.39, 0.29) is 135 Å². The van der Waals surface area contributed by atoms with E-state index in [0.29, 0.717) is 59.0 Å². The monoisotopic (exact) mass is 1920 g/mol. The van der Waals surface area contributed by atoms with Gasteiger partial charge in [0.05, 0.1) is 57.1 Å². The highest BCUT2D eigenvalue weighted by Gasteiger charge is 2.67. The first-order chi connectivity index (χ1) is 63.3. The third-order valence-electron chi connectivity index (χ3n) is 30.4. The lowest BCUT2D eigenvalue weighted by atomic mass is 9.65. The molecule has 12 aliphatic rings. The Morgan fingerprint density at radius 2 is 0.896 bits per heavy atom. The number of esters is 1. The number of piperidine rings is 2. The number of methoxy groups -OCH3 is 4. The van der Waals surface area contributed by atoms with Gasteiger partial charge in [-0.05, 0) is 158 Å². The lowest BCUT2D eigenvalue weighted by Crippen LogP contribution is -2.74. The number of ketones is 2. The largest absolute Gasteiger partial charge is 0.493 e. The fraction of sp³-hybridized carbons (Fsp3) is 0.519. The van der Waals surface area contributed by atoms with E-state index in [4.69, 9.17) is 61.0 Å². The summed E-state index contributed by atoms with van der Waals surface area (Å²) in [7, 11) is 5.55. The number of ether oxygens (including phenoxy) is 11. The molecule has 0 radical (unpaired) electrons. The van der Waals surface area contributed by atoms with Crippen LogP contribution in [0.4, 0.5) is 0 Å². The van der Waals surface area contributed by atoms with E-state index < -0.39 is 112 Å². The zero-order valence-electron chi connectivity index (χ0n) is 79.6. The zero-order valence-corrected chi connectivity index (χ0v) is 83.2. The first-order valence-corrected chi connectivity index (χ1v) is 53.7. The Morgan fingerprint density at radius 1 is 0.541 bits per heavy atom. The lowest BCUT2D eigenvalue weighted by Gasteiger charge is -2.62. The normalized spacial score (nSPS) is 25.6. The molecule has 18 rings (SSSR count). The quantitative estimate of drug-likeness (QED) is 0.0235. The molecule has 135 heavy (non-hydrogen) atoms. The summed E-state index contributed by atoms with van der Waals surface area (Å²) in [4.78, 5) is 63.4. The van der Waals surface area contributed by atoms with E-state index in [1.807, 2.05) is 32.8 Å². The molecule has 4 bridgehead atoms. The maximum absolute atomic E-state index is 14.9. The molecule has 31 heteroatoms. The maximum Gasteiger partial charge on any atom is 0.334 e. The minimum Gasteiger partial charge on any atom is -0.493 e. The molecule has 6 fully saturated rings. The van der Waals surface area contributed by atoms with Gasteiger partial charge in [0.1, 0.15) is 18.7 Å². The molecule has 6 saturated heterocycles. The van der Waals surface area contributed by atoms with Crippen LogP contribution in [0, 0.1) is 36.5 Å². The molecule has 6 aromatic rings. The Kier molecular flexibility index (Phi) is 29.7. The number of aliphatic hydroxyl groups excluding tert-OH is 1. The van der Waals surface area contributed by atoms with Gasteiger partial charge >= 0.3 is 11.9 Å². The summed E-state index contributed by atoms with van der Waals surface area (Å²) in [6.07, 6.45) is -0.693. The predicted molar refractivity (Wildman–Crippen MR) is 522 cm³/mol. The Bertz CT molecular complexity index is 5720. The maximum atomic E-state index is 14.9. The van der Waals surface area contributed by atoms with E-state index in [9.17, 15) is 50.1 Å². The van der Waals surface area contributed by atoms with Gasteiger partial charge in [-0.1, -0.05) is 166 Å². The summed E-state index contributed by atoms with van der Waals surface area (Å²) in [6, 6.07) is 37.6. The summed E-state index contributed by atoms with van der Waals surface area (Å²) in [5.74, 6) is 3.73. The van der Waals surface area contributed by atoms with Crippen molar-refractivity contribution in [1.82, 2.24) is 19.6 Å². The van der Waals surface area contributed by atoms with Crippen LogP contribution in [0.5, 0.6) is 23.0 Å². The number of nitriles is 2. The second-order valence-electron chi connectivity index (χ2n) is 39.7. The fourth-order valence-corrected chi connectivity index (χ4v) is 27.2. The van der Waals surface area contributed by atoms with Crippen LogP contribution in [-0.2, 0) is 74.0 Å². The molecule has 0 saturated carbocycles. The Morgan fingerprint density at radius 3 is 1.25 bits per heavy atom. The molecule has 0 spiro atoms. The lowest BCUT2D eigenvalue weighted by molar-refractivity contribution is -0.163. The van der Waals surface area contributed by atoms with Crippen LogP contribution >= 0.6 is 23.5 Å². The summed E-state index contributed by atoms with van der Waals surface area (Å²) in [5.41, 5.74) is 12.8. The van der Waals surface area contributed by atoms with E-state index in [2.05, 4.69) is 204 Å². The predicted octanol–water partition coefficient (Wildman–Crippen LogP) is 15.9. The van der Waals surface area contributed by atoms with Crippen molar-refractivity contribution in [2.45, 2.75) is 242 Å². The first kappa shape index (κ1) is 102. The van der Waals surface area contributed by atoms with Crippen molar-refractivity contribution in [3.63, 3.8) is 0 Å². The van der Waals surface area contributed by atoms with Crippen LogP contribution in [-0.4, -0.2) is 258 Å². The smallest absolute Gasteiger partial charge is 0.334 e. The van der Waals surface area contributed by atoms with Crippen molar-refractivity contribution in [2.75, 3.05) is 106 Å². The third-order valence-corrected chi connectivity index (χ3v) is 41.6. The van der Waals surface area contributed by atoms with Gasteiger partial charge in [-0.3, -0.25) is 29.2 Å². The number of aliphatic hydroxyl groups is 3. The van der Waals surface area contributed by atoms with Crippen LogP contribution in [0.3, 0.4) is 0 Å². The Labute approximate surface area is 804 Å². The van der Waals surface area contributed by atoms with Crippen LogP contribution < -0.4 is 18.9 Å². The number of hydrogen-bond donors (Lipinski definition) is 4. The van der Waals surface area contributed by atoms with Crippen molar-refractivity contribution in [2.24, 2.45) is 0 Å². The Balaban J connectivity index is 0.000000179. The van der Waals surface area contributed by atoms with Crippen molar-refractivity contribution in [3.05, 3.63) is 210 Å². The van der Waals surface area contributed by atoms with Crippen LogP contribution in [0.25, 0.3) is 22.3 Å². The van der Waals surface area contributed by atoms with E-state index in [1.165, 1.54) is 44.5 Å². The number of piperazine rings is 2. The molecule has 4 unspecified atom stereocenters. The standard InChI is InChI=1S/C51H61N3O10SSi.C28H33N3O8.C23H30O3SSi.2CH4/c1-28-19-30-20-36-38(22-52)54-37(43(53(36)6)41(30)46(44(28)59-8)61-26-58-7)21-51(57)42(47-45(62-27-63-47)29(2)48(51)55)39(54)23-60-49(56)40(64-66(9,10)50(3,4)5)25-65-24-35-33-17-13-11-15-31(33)32-16-12-14-18-34(32)35;1-13-6-15-7-16-18(9-29)31-17(22(30(16)3)20(15)25(23(13)36-5)37-11-35-4)8-28(34)21(19(31)10-32)26-24(38-12-39-26)14(2)27(28)33;1-23(2,3)28(4,5)26-21(22(24)25)15-27-14-20-18-12-8-6-10-16(18)17-11-7-9-13-19(17)20;;/h11-19,35-40,43,57H,20-21,23-27H2,1-10H3;6,16-19,22,32,34H,7-8,10-12H2,1-5H3;6-13,20-21H,14-15H2,1-5H3,(H,24,25);2*1H4/t36-,37?,38-,39-,40?,43-,51+;16-,17?,18-,19-,22-,28+;;;/m00.../s1. The summed E-state index contributed by atoms with van der Waals surface area (Å²) in [5, 5.41) is 67.2. The molecule has 27 nitrogen and oxygen atoms in total. The number of rotatable bonds is 25. The highest BCUT2D eigenvalue weighted by molar-refractivity contribution is 7.99. The van der Waals surface area contributed by atoms with Gasteiger partial charge in [0.2, 0.25) is 13.6 Å². The van der Waals surface area contributed by atoms with Crippen LogP contribution in [0.2, 0.25) is 36.3 Å². The zero-order chi connectivity index (χ0) is 95.4.